The first-order chi connectivity index (χ1) is 10.5. The third kappa shape index (κ3) is 3.22. The highest BCUT2D eigenvalue weighted by Gasteiger charge is 2.33. The number of nitrogens with one attached hydrogen (secondary N) is 2. The van der Waals surface area contributed by atoms with Crippen molar-refractivity contribution >= 4 is 23.3 Å². The highest BCUT2D eigenvalue weighted by molar-refractivity contribution is 6.30. The van der Waals surface area contributed by atoms with E-state index in [1.54, 1.807) is 12.3 Å². The summed E-state index contributed by atoms with van der Waals surface area (Å²) in [7, 11) is 0. The fourth-order valence-corrected chi connectivity index (χ4v) is 2.65. The zero-order valence-electron chi connectivity index (χ0n) is 12.2. The van der Waals surface area contributed by atoms with Gasteiger partial charge >= 0.3 is 0 Å². The molecule has 1 aromatic carbocycles. The Labute approximate surface area is 133 Å². The third-order valence-corrected chi connectivity index (χ3v) is 4.20. The molecule has 0 unspecified atom stereocenters. The average Bonchev–Trinajstić information content (AvgIpc) is 3.20. The maximum atomic E-state index is 12.4. The number of carbonyl (C=O) groups excluding carboxylic acids is 2. The SMILES string of the molecule is CC(=O)c1c[nH]c(C(=O)N[C@@H](c2ccc(Cl)cc2)C2CC2)c1. The minimum Gasteiger partial charge on any atom is -0.356 e. The van der Waals surface area contributed by atoms with Gasteiger partial charge in [-0.3, -0.25) is 9.59 Å². The monoisotopic (exact) mass is 316 g/mol. The van der Waals surface area contributed by atoms with Crippen molar-refractivity contribution in [2.45, 2.75) is 25.8 Å². The quantitative estimate of drug-likeness (QED) is 0.825. The van der Waals surface area contributed by atoms with Gasteiger partial charge in [-0.2, -0.15) is 0 Å². The molecule has 0 spiro atoms. The summed E-state index contributed by atoms with van der Waals surface area (Å²) in [6.45, 7) is 1.48. The molecule has 0 saturated heterocycles. The molecular weight excluding hydrogens is 300 g/mol. The maximum Gasteiger partial charge on any atom is 0.268 e. The van der Waals surface area contributed by atoms with Gasteiger partial charge in [-0.15, -0.1) is 0 Å². The van der Waals surface area contributed by atoms with Crippen LogP contribution in [0.3, 0.4) is 0 Å². The number of Topliss-reactive ketones (excluding diaryl/α,β-unsaturated/α-hetero) is 1. The second-order valence-electron chi connectivity index (χ2n) is 5.70. The topological polar surface area (TPSA) is 62.0 Å². The van der Waals surface area contributed by atoms with Crippen LogP contribution in [-0.4, -0.2) is 16.7 Å². The van der Waals surface area contributed by atoms with E-state index in [4.69, 9.17) is 11.6 Å². The minimum atomic E-state index is -0.195. The largest absolute Gasteiger partial charge is 0.356 e. The lowest BCUT2D eigenvalue weighted by Gasteiger charge is -2.18. The van der Waals surface area contributed by atoms with Gasteiger partial charge in [0.2, 0.25) is 0 Å². The van der Waals surface area contributed by atoms with Gasteiger partial charge in [-0.05, 0) is 49.4 Å². The lowest BCUT2D eigenvalue weighted by Crippen LogP contribution is -2.30. The molecule has 2 N–H and O–H groups in total. The van der Waals surface area contributed by atoms with Crippen molar-refractivity contribution in [3.05, 3.63) is 58.4 Å². The predicted octanol–water partition coefficient (Wildman–Crippen LogP) is 3.75. The van der Waals surface area contributed by atoms with Crippen LogP contribution >= 0.6 is 11.6 Å². The minimum absolute atomic E-state index is 0.0196. The van der Waals surface area contributed by atoms with Crippen LogP contribution in [0.2, 0.25) is 5.02 Å². The van der Waals surface area contributed by atoms with Gasteiger partial charge in [0, 0.05) is 16.8 Å². The molecule has 1 saturated carbocycles. The number of hydrogen-bond donors (Lipinski definition) is 2. The molecule has 22 heavy (non-hydrogen) atoms. The van der Waals surface area contributed by atoms with E-state index in [9.17, 15) is 9.59 Å². The van der Waals surface area contributed by atoms with E-state index in [1.807, 2.05) is 24.3 Å². The molecule has 1 heterocycles. The molecule has 1 fully saturated rings. The van der Waals surface area contributed by atoms with Gasteiger partial charge in [-0.1, -0.05) is 23.7 Å². The molecular formula is C17H17ClN2O2. The van der Waals surface area contributed by atoms with Crippen LogP contribution < -0.4 is 5.32 Å². The van der Waals surface area contributed by atoms with Crippen LogP contribution in [-0.2, 0) is 0 Å². The van der Waals surface area contributed by atoms with E-state index in [-0.39, 0.29) is 17.7 Å². The Morgan fingerprint density at radius 1 is 1.27 bits per heavy atom. The number of benzene rings is 1. The van der Waals surface area contributed by atoms with E-state index in [0.29, 0.717) is 22.2 Å². The predicted molar refractivity (Wildman–Crippen MR) is 85.2 cm³/mol. The van der Waals surface area contributed by atoms with E-state index < -0.39 is 0 Å². The summed E-state index contributed by atoms with van der Waals surface area (Å²) >= 11 is 5.92. The summed E-state index contributed by atoms with van der Waals surface area (Å²) in [5.41, 5.74) is 1.98. The van der Waals surface area contributed by atoms with Gasteiger partial charge < -0.3 is 10.3 Å². The van der Waals surface area contributed by atoms with Crippen LogP contribution in [0.4, 0.5) is 0 Å². The van der Waals surface area contributed by atoms with Crippen LogP contribution in [0, 0.1) is 5.92 Å². The molecule has 1 atom stereocenters. The van der Waals surface area contributed by atoms with Crippen molar-refractivity contribution in [2.75, 3.05) is 0 Å². The molecule has 4 nitrogen and oxygen atoms in total. The Bertz CT molecular complexity index is 702. The molecule has 1 aliphatic carbocycles. The van der Waals surface area contributed by atoms with Gasteiger partial charge in [0.1, 0.15) is 5.69 Å². The van der Waals surface area contributed by atoms with Crippen molar-refractivity contribution in [3.63, 3.8) is 0 Å². The molecule has 2 aromatic rings. The first kappa shape index (κ1) is 14.9. The van der Waals surface area contributed by atoms with E-state index in [1.165, 1.54) is 6.92 Å². The van der Waals surface area contributed by atoms with E-state index in [2.05, 4.69) is 10.3 Å². The summed E-state index contributed by atoms with van der Waals surface area (Å²) in [5.74, 6) is 0.207. The lowest BCUT2D eigenvalue weighted by molar-refractivity contribution is 0.0927. The Kier molecular flexibility index (Phi) is 4.03. The number of H-pyrrole nitrogens is 1. The van der Waals surface area contributed by atoms with Gasteiger partial charge in [0.05, 0.1) is 6.04 Å². The molecule has 0 bridgehead atoms. The number of hydrogen-bond acceptors (Lipinski definition) is 2. The Morgan fingerprint density at radius 2 is 1.95 bits per heavy atom. The van der Waals surface area contributed by atoms with Crippen molar-refractivity contribution in [1.82, 2.24) is 10.3 Å². The average molecular weight is 317 g/mol. The van der Waals surface area contributed by atoms with Crippen molar-refractivity contribution < 1.29 is 9.59 Å². The second-order valence-corrected chi connectivity index (χ2v) is 6.13. The Balaban J connectivity index is 1.77. The summed E-state index contributed by atoms with van der Waals surface area (Å²) in [5, 5.41) is 3.74. The van der Waals surface area contributed by atoms with Crippen molar-refractivity contribution in [1.29, 1.82) is 0 Å². The number of amides is 1. The number of carbonyl (C=O) groups is 2. The van der Waals surface area contributed by atoms with Gasteiger partial charge in [0.25, 0.3) is 5.91 Å². The molecule has 5 heteroatoms. The number of aromatic nitrogens is 1. The number of halogens is 1. The van der Waals surface area contributed by atoms with Crippen molar-refractivity contribution in [3.8, 4) is 0 Å². The number of ketones is 1. The van der Waals surface area contributed by atoms with Crippen LogP contribution in [0.5, 0.6) is 0 Å². The zero-order valence-corrected chi connectivity index (χ0v) is 13.0. The lowest BCUT2D eigenvalue weighted by atomic mass is 10.0. The summed E-state index contributed by atoms with van der Waals surface area (Å²) in [6, 6.07) is 9.13. The fraction of sp³-hybridized carbons (Fsp3) is 0.294. The highest BCUT2D eigenvalue weighted by Crippen LogP contribution is 2.41. The summed E-state index contributed by atoms with van der Waals surface area (Å²) < 4.78 is 0. The Hall–Kier alpha value is -2.07. The number of aromatic amines is 1. The molecule has 1 amide bonds. The molecule has 1 aromatic heterocycles. The van der Waals surface area contributed by atoms with Crippen molar-refractivity contribution in [2.24, 2.45) is 5.92 Å². The molecule has 3 rings (SSSR count). The van der Waals surface area contributed by atoms with Crippen LogP contribution in [0.25, 0.3) is 0 Å². The molecule has 1 aliphatic rings. The van der Waals surface area contributed by atoms with Gasteiger partial charge in [-0.25, -0.2) is 0 Å². The maximum absolute atomic E-state index is 12.4. The smallest absolute Gasteiger partial charge is 0.268 e. The van der Waals surface area contributed by atoms with Crippen LogP contribution in [0.15, 0.2) is 36.5 Å². The normalized spacial score (nSPS) is 15.4. The number of rotatable bonds is 5. The van der Waals surface area contributed by atoms with Gasteiger partial charge in [0.15, 0.2) is 5.78 Å². The third-order valence-electron chi connectivity index (χ3n) is 3.94. The fourth-order valence-electron chi connectivity index (χ4n) is 2.52. The summed E-state index contributed by atoms with van der Waals surface area (Å²) in [4.78, 5) is 26.6. The molecule has 114 valence electrons. The highest BCUT2D eigenvalue weighted by atomic mass is 35.5. The molecule has 0 radical (unpaired) electrons. The first-order valence-electron chi connectivity index (χ1n) is 7.30. The molecule has 0 aliphatic heterocycles. The first-order valence-corrected chi connectivity index (χ1v) is 7.68. The standard InChI is InChI=1S/C17H17ClN2O2/c1-10(21)13-8-15(19-9-13)17(22)20-16(11-2-3-11)12-4-6-14(18)7-5-12/h4-9,11,16,19H,2-3H2,1H3,(H,20,22)/t16-/m1/s1. The second kappa shape index (κ2) is 5.97. The summed E-state index contributed by atoms with van der Waals surface area (Å²) in [6.07, 6.45) is 3.78. The van der Waals surface area contributed by atoms with E-state index >= 15 is 0 Å². The van der Waals surface area contributed by atoms with Crippen LogP contribution in [0.1, 0.15) is 52.2 Å². The Morgan fingerprint density at radius 3 is 2.50 bits per heavy atom. The zero-order chi connectivity index (χ0) is 15.7. The van der Waals surface area contributed by atoms with E-state index in [0.717, 1.165) is 18.4 Å².